The molecule has 0 fully saturated rings. The van der Waals surface area contributed by atoms with Crippen LogP contribution in [-0.2, 0) is 4.43 Å². The van der Waals surface area contributed by atoms with Crippen LogP contribution in [0, 0.1) is 17.1 Å². The van der Waals surface area contributed by atoms with Crippen LogP contribution in [0.5, 0.6) is 5.75 Å². The van der Waals surface area contributed by atoms with Gasteiger partial charge in [0.15, 0.2) is 8.32 Å². The fourth-order valence-electron chi connectivity index (χ4n) is 1.61. The summed E-state index contributed by atoms with van der Waals surface area (Å²) in [4.78, 5) is 0. The zero-order valence-corrected chi connectivity index (χ0v) is 15.2. The third kappa shape index (κ3) is 5.43. The van der Waals surface area contributed by atoms with Gasteiger partial charge in [0, 0.05) is 12.7 Å². The maximum Gasteiger partial charge on any atom is 0.191 e. The van der Waals surface area contributed by atoms with Gasteiger partial charge in [-0.2, -0.15) is 5.26 Å². The topological polar surface area (TPSA) is 42.2 Å². The molecule has 0 amide bonds. The van der Waals surface area contributed by atoms with Crippen molar-refractivity contribution in [2.24, 2.45) is 0 Å². The maximum absolute atomic E-state index is 13.4. The Morgan fingerprint density at radius 1 is 1.18 bits per heavy atom. The third-order valence-corrected chi connectivity index (χ3v) is 8.68. The smallest absolute Gasteiger partial charge is 0.191 e. The van der Waals surface area contributed by atoms with E-state index in [-0.39, 0.29) is 10.6 Å². The first-order chi connectivity index (χ1) is 10.2. The molecule has 0 heterocycles. The highest BCUT2D eigenvalue weighted by atomic mass is 28.4. The van der Waals surface area contributed by atoms with Crippen molar-refractivity contribution in [2.75, 3.05) is 13.2 Å². The molecule has 0 saturated carbocycles. The molecule has 0 saturated heterocycles. The number of nitrogens with zero attached hydrogens (tertiary/aromatic N) is 1. The normalized spacial score (nSPS) is 12.0. The molecule has 22 heavy (non-hydrogen) atoms. The molecule has 0 N–H and O–H groups in total. The molecule has 0 aliphatic carbocycles. The van der Waals surface area contributed by atoms with Gasteiger partial charge in [-0.1, -0.05) is 20.8 Å². The second-order valence-corrected chi connectivity index (χ2v) is 11.7. The van der Waals surface area contributed by atoms with Gasteiger partial charge in [-0.25, -0.2) is 4.39 Å². The molecule has 1 aromatic carbocycles. The molecule has 0 aliphatic heterocycles. The molecule has 1 aromatic rings. The van der Waals surface area contributed by atoms with E-state index in [4.69, 9.17) is 14.4 Å². The van der Waals surface area contributed by atoms with E-state index < -0.39 is 14.1 Å². The van der Waals surface area contributed by atoms with Crippen molar-refractivity contribution in [2.45, 2.75) is 51.7 Å². The Morgan fingerprint density at radius 2 is 1.82 bits per heavy atom. The minimum absolute atomic E-state index is 0.0371. The zero-order valence-electron chi connectivity index (χ0n) is 14.2. The first kappa shape index (κ1) is 18.7. The Kier molecular flexibility index (Phi) is 6.58. The maximum atomic E-state index is 13.4. The molecule has 1 rings (SSSR count). The van der Waals surface area contributed by atoms with Gasteiger partial charge in [0.25, 0.3) is 0 Å². The minimum atomic E-state index is -1.67. The molecule has 3 nitrogen and oxygen atoms in total. The molecule has 0 atom stereocenters. The Balaban J connectivity index is 2.27. The van der Waals surface area contributed by atoms with Crippen LogP contribution in [-0.4, -0.2) is 21.5 Å². The second kappa shape index (κ2) is 7.75. The number of hydrogen-bond acceptors (Lipinski definition) is 3. The summed E-state index contributed by atoms with van der Waals surface area (Å²) in [5.41, 5.74) is 0.0371. The molecule has 5 heteroatoms. The minimum Gasteiger partial charge on any atom is -0.493 e. The molecule has 0 spiro atoms. The van der Waals surface area contributed by atoms with E-state index >= 15 is 0 Å². The number of unbranched alkanes of at least 4 members (excludes halogenated alkanes) is 1. The Labute approximate surface area is 134 Å². The van der Waals surface area contributed by atoms with Gasteiger partial charge in [0.1, 0.15) is 17.6 Å². The lowest BCUT2D eigenvalue weighted by Gasteiger charge is -2.36. The largest absolute Gasteiger partial charge is 0.493 e. The van der Waals surface area contributed by atoms with Crippen molar-refractivity contribution < 1.29 is 13.6 Å². The number of rotatable bonds is 7. The predicted octanol–water partition coefficient (Wildman–Crippen LogP) is 4.88. The van der Waals surface area contributed by atoms with Crippen molar-refractivity contribution in [1.82, 2.24) is 0 Å². The van der Waals surface area contributed by atoms with Crippen LogP contribution < -0.4 is 4.74 Å². The van der Waals surface area contributed by atoms with Gasteiger partial charge in [0.05, 0.1) is 12.2 Å². The van der Waals surface area contributed by atoms with Crippen molar-refractivity contribution in [3.63, 3.8) is 0 Å². The molecule has 122 valence electrons. The van der Waals surface area contributed by atoms with E-state index in [0.29, 0.717) is 12.4 Å². The van der Waals surface area contributed by atoms with Gasteiger partial charge in [0.2, 0.25) is 0 Å². The first-order valence-electron chi connectivity index (χ1n) is 7.64. The molecular formula is C17H26FNO2Si. The number of ether oxygens (including phenoxy) is 1. The van der Waals surface area contributed by atoms with Gasteiger partial charge in [-0.15, -0.1) is 0 Å². The molecule has 0 radical (unpaired) electrons. The van der Waals surface area contributed by atoms with Gasteiger partial charge in [-0.3, -0.25) is 0 Å². The van der Waals surface area contributed by atoms with Gasteiger partial charge >= 0.3 is 0 Å². The van der Waals surface area contributed by atoms with E-state index in [9.17, 15) is 4.39 Å². The second-order valence-electron chi connectivity index (χ2n) is 6.92. The molecule has 0 unspecified atom stereocenters. The van der Waals surface area contributed by atoms with E-state index in [1.165, 1.54) is 12.1 Å². The van der Waals surface area contributed by atoms with Crippen LogP contribution in [0.3, 0.4) is 0 Å². The van der Waals surface area contributed by atoms with Crippen molar-refractivity contribution in [1.29, 1.82) is 5.26 Å². The first-order valence-corrected chi connectivity index (χ1v) is 10.5. The lowest BCUT2D eigenvalue weighted by atomic mass is 10.2. The van der Waals surface area contributed by atoms with Crippen LogP contribution in [0.15, 0.2) is 18.2 Å². The van der Waals surface area contributed by atoms with Crippen LogP contribution in [0.2, 0.25) is 18.1 Å². The zero-order chi connectivity index (χ0) is 16.8. The summed E-state index contributed by atoms with van der Waals surface area (Å²) in [5, 5.41) is 8.89. The Morgan fingerprint density at radius 3 is 2.36 bits per heavy atom. The van der Waals surface area contributed by atoms with Crippen molar-refractivity contribution in [3.8, 4) is 11.8 Å². The van der Waals surface area contributed by atoms with E-state index in [1.807, 2.05) is 0 Å². The van der Waals surface area contributed by atoms with Crippen LogP contribution in [0.4, 0.5) is 4.39 Å². The SMILES string of the molecule is CC(C)(C)[Si](C)(C)OCCCCOc1ccc(C#N)c(F)c1. The van der Waals surface area contributed by atoms with Crippen LogP contribution in [0.1, 0.15) is 39.2 Å². The summed E-state index contributed by atoms with van der Waals surface area (Å²) < 4.78 is 25.0. The fraction of sp³-hybridized carbons (Fsp3) is 0.588. The summed E-state index contributed by atoms with van der Waals surface area (Å²) >= 11 is 0. The van der Waals surface area contributed by atoms with Gasteiger partial charge in [-0.05, 0) is 43.1 Å². The number of benzene rings is 1. The molecule has 0 aromatic heterocycles. The highest BCUT2D eigenvalue weighted by molar-refractivity contribution is 6.74. The lowest BCUT2D eigenvalue weighted by molar-refractivity contribution is 0.251. The average molecular weight is 323 g/mol. The standard InChI is InChI=1S/C17H26FNO2Si/c1-17(2,3)22(4,5)21-11-7-6-10-20-15-9-8-14(13-19)16(18)12-15/h8-9,12H,6-7,10-11H2,1-5H3. The van der Waals surface area contributed by atoms with E-state index in [2.05, 4.69) is 33.9 Å². The summed E-state index contributed by atoms with van der Waals surface area (Å²) in [6.07, 6.45) is 1.78. The van der Waals surface area contributed by atoms with Crippen molar-refractivity contribution in [3.05, 3.63) is 29.6 Å². The summed E-state index contributed by atoms with van der Waals surface area (Å²) in [6.45, 7) is 12.4. The highest BCUT2D eigenvalue weighted by Gasteiger charge is 2.36. The van der Waals surface area contributed by atoms with Crippen LogP contribution in [0.25, 0.3) is 0 Å². The molecular weight excluding hydrogens is 297 g/mol. The van der Waals surface area contributed by atoms with E-state index in [1.54, 1.807) is 12.1 Å². The molecule has 0 aliphatic rings. The quantitative estimate of drug-likeness (QED) is 0.530. The fourth-order valence-corrected chi connectivity index (χ4v) is 2.70. The summed E-state index contributed by atoms with van der Waals surface area (Å²) in [5.74, 6) is -0.0805. The Hall–Kier alpha value is -1.38. The monoisotopic (exact) mass is 323 g/mol. The number of nitriles is 1. The van der Waals surface area contributed by atoms with E-state index in [0.717, 1.165) is 19.4 Å². The number of hydrogen-bond donors (Lipinski definition) is 0. The lowest BCUT2D eigenvalue weighted by Crippen LogP contribution is -2.41. The highest BCUT2D eigenvalue weighted by Crippen LogP contribution is 2.36. The molecule has 0 bridgehead atoms. The van der Waals surface area contributed by atoms with Crippen LogP contribution >= 0.6 is 0 Å². The Bertz CT molecular complexity index is 532. The third-order valence-electron chi connectivity index (χ3n) is 4.14. The predicted molar refractivity (Wildman–Crippen MR) is 89.0 cm³/mol. The summed E-state index contributed by atoms with van der Waals surface area (Å²) in [6, 6.07) is 6.10. The average Bonchev–Trinajstić information content (AvgIpc) is 2.41. The van der Waals surface area contributed by atoms with Gasteiger partial charge < -0.3 is 9.16 Å². The number of halogens is 1. The van der Waals surface area contributed by atoms with Crippen molar-refractivity contribution >= 4 is 8.32 Å². The summed E-state index contributed by atoms with van der Waals surface area (Å²) in [7, 11) is -1.67.